The second kappa shape index (κ2) is 7.20. The number of aryl methyl sites for hydroxylation is 1. The first-order valence-electron chi connectivity index (χ1n) is 8.91. The van der Waals surface area contributed by atoms with Crippen LogP contribution in [0.3, 0.4) is 0 Å². The molecule has 0 bridgehead atoms. The fourth-order valence-electron chi connectivity index (χ4n) is 3.58. The highest BCUT2D eigenvalue weighted by Crippen LogP contribution is 2.23. The quantitative estimate of drug-likeness (QED) is 0.735. The van der Waals surface area contributed by atoms with Crippen molar-refractivity contribution in [3.63, 3.8) is 0 Å². The minimum absolute atomic E-state index is 0.225. The van der Waals surface area contributed by atoms with E-state index in [1.54, 1.807) is 10.9 Å². The molecule has 0 amide bonds. The number of hydrogen-bond donors (Lipinski definition) is 1. The Kier molecular flexibility index (Phi) is 4.61. The number of nitrogens with one attached hydrogen (secondary N) is 1. The predicted octanol–water partition coefficient (Wildman–Crippen LogP) is 1.11. The third-order valence-corrected chi connectivity index (χ3v) is 4.93. The maximum Gasteiger partial charge on any atom is 0.245 e. The van der Waals surface area contributed by atoms with Crippen molar-refractivity contribution in [1.82, 2.24) is 40.5 Å². The largest absolute Gasteiger partial charge is 0.340 e. The van der Waals surface area contributed by atoms with Crippen LogP contribution in [-0.2, 0) is 7.05 Å². The highest BCUT2D eigenvalue weighted by atomic mass is 15.6. The van der Waals surface area contributed by atoms with E-state index in [9.17, 15) is 0 Å². The zero-order chi connectivity index (χ0) is 17.9. The summed E-state index contributed by atoms with van der Waals surface area (Å²) in [5.41, 5.74) is 2.28. The van der Waals surface area contributed by atoms with Crippen molar-refractivity contribution in [3.05, 3.63) is 42.2 Å². The molecular weight excluding hydrogens is 330 g/mol. The van der Waals surface area contributed by atoms with Gasteiger partial charge in [-0.3, -0.25) is 0 Å². The van der Waals surface area contributed by atoms with E-state index in [4.69, 9.17) is 0 Å². The minimum Gasteiger partial charge on any atom is -0.340 e. The summed E-state index contributed by atoms with van der Waals surface area (Å²) in [6, 6.07) is 9.01. The van der Waals surface area contributed by atoms with Crippen molar-refractivity contribution in [3.8, 4) is 5.69 Å². The van der Waals surface area contributed by atoms with E-state index in [1.807, 2.05) is 24.0 Å². The van der Waals surface area contributed by atoms with E-state index in [1.165, 1.54) is 5.56 Å². The summed E-state index contributed by atoms with van der Waals surface area (Å²) in [5, 5.41) is 23.6. The van der Waals surface area contributed by atoms with Crippen LogP contribution in [-0.4, -0.2) is 54.3 Å². The summed E-state index contributed by atoms with van der Waals surface area (Å²) >= 11 is 0. The molecule has 1 N–H and O–H groups in total. The molecule has 0 radical (unpaired) electrons. The van der Waals surface area contributed by atoms with Gasteiger partial charge in [-0.25, -0.2) is 9.36 Å². The molecule has 0 aliphatic carbocycles. The molecule has 4 rings (SSSR count). The number of aromatic nitrogens is 7. The van der Waals surface area contributed by atoms with Crippen molar-refractivity contribution in [1.29, 1.82) is 0 Å². The van der Waals surface area contributed by atoms with Gasteiger partial charge >= 0.3 is 0 Å². The van der Waals surface area contributed by atoms with Gasteiger partial charge in [0.05, 0.1) is 18.1 Å². The molecule has 136 valence electrons. The Hall–Kier alpha value is -2.81. The Morgan fingerprint density at radius 1 is 1.15 bits per heavy atom. The fourth-order valence-corrected chi connectivity index (χ4v) is 3.58. The number of piperidine rings is 1. The first-order chi connectivity index (χ1) is 12.7. The monoisotopic (exact) mass is 353 g/mol. The highest BCUT2D eigenvalue weighted by molar-refractivity contribution is 5.42. The zero-order valence-electron chi connectivity index (χ0n) is 15.0. The third-order valence-electron chi connectivity index (χ3n) is 4.93. The topological polar surface area (TPSA) is 89.6 Å². The third kappa shape index (κ3) is 3.30. The molecule has 0 saturated carbocycles. The molecular formula is C17H23N9. The number of anilines is 1. The van der Waals surface area contributed by atoms with Crippen LogP contribution >= 0.6 is 0 Å². The lowest BCUT2D eigenvalue weighted by Crippen LogP contribution is -2.44. The Morgan fingerprint density at radius 2 is 1.96 bits per heavy atom. The average molecular weight is 353 g/mol. The lowest BCUT2D eigenvalue weighted by molar-refractivity contribution is 0.377. The molecule has 9 nitrogen and oxygen atoms in total. The normalized spacial score (nSPS) is 16.8. The second-order valence-corrected chi connectivity index (χ2v) is 6.66. The molecule has 26 heavy (non-hydrogen) atoms. The molecule has 1 aliphatic heterocycles. The van der Waals surface area contributed by atoms with Gasteiger partial charge in [-0.05, 0) is 41.8 Å². The standard InChI is InChI=1S/C17H23N9/c1-13(15-5-3-4-6-16(15)26-12-9-18-22-26)19-14-7-10-25(11-8-14)17-20-21-23-24(17)2/h3-6,9,12-14,19H,7-8,10-11H2,1-2H3. The van der Waals surface area contributed by atoms with Crippen LogP contribution in [0, 0.1) is 0 Å². The minimum atomic E-state index is 0.225. The van der Waals surface area contributed by atoms with Crippen molar-refractivity contribution in [2.24, 2.45) is 7.05 Å². The number of hydrogen-bond acceptors (Lipinski definition) is 7. The summed E-state index contributed by atoms with van der Waals surface area (Å²) in [6.07, 6.45) is 5.69. The van der Waals surface area contributed by atoms with Crippen LogP contribution in [0.25, 0.3) is 5.69 Å². The van der Waals surface area contributed by atoms with Gasteiger partial charge in [-0.15, -0.1) is 5.10 Å². The number of nitrogens with zero attached hydrogens (tertiary/aromatic N) is 8. The van der Waals surface area contributed by atoms with E-state index < -0.39 is 0 Å². The summed E-state index contributed by atoms with van der Waals surface area (Å²) in [4.78, 5) is 2.24. The molecule has 3 heterocycles. The van der Waals surface area contributed by atoms with Crippen LogP contribution in [0.4, 0.5) is 5.95 Å². The van der Waals surface area contributed by atoms with Crippen LogP contribution in [0.15, 0.2) is 36.7 Å². The Labute approximate surface area is 152 Å². The molecule has 1 aromatic carbocycles. The average Bonchev–Trinajstić information content (AvgIpc) is 3.34. The first kappa shape index (κ1) is 16.6. The number of para-hydroxylation sites is 1. The summed E-state index contributed by atoms with van der Waals surface area (Å²) < 4.78 is 3.54. The van der Waals surface area contributed by atoms with Crippen LogP contribution < -0.4 is 10.2 Å². The van der Waals surface area contributed by atoms with Gasteiger partial charge in [-0.1, -0.05) is 28.5 Å². The van der Waals surface area contributed by atoms with Crippen molar-refractivity contribution in [2.45, 2.75) is 31.8 Å². The maximum absolute atomic E-state index is 4.13. The molecule has 1 fully saturated rings. The lowest BCUT2D eigenvalue weighted by Gasteiger charge is -2.34. The van der Waals surface area contributed by atoms with Gasteiger partial charge in [0.25, 0.3) is 0 Å². The van der Waals surface area contributed by atoms with Crippen LogP contribution in [0.1, 0.15) is 31.4 Å². The van der Waals surface area contributed by atoms with E-state index >= 15 is 0 Å². The molecule has 9 heteroatoms. The lowest BCUT2D eigenvalue weighted by atomic mass is 10.0. The molecule has 1 unspecified atom stereocenters. The first-order valence-corrected chi connectivity index (χ1v) is 8.91. The molecule has 1 atom stereocenters. The van der Waals surface area contributed by atoms with Crippen molar-refractivity contribution in [2.75, 3.05) is 18.0 Å². The molecule has 1 saturated heterocycles. The zero-order valence-corrected chi connectivity index (χ0v) is 15.0. The van der Waals surface area contributed by atoms with Gasteiger partial charge < -0.3 is 10.2 Å². The SMILES string of the molecule is CC(NC1CCN(c2nnnn2C)CC1)c1ccccc1-n1ccnn1. The van der Waals surface area contributed by atoms with Crippen LogP contribution in [0.2, 0.25) is 0 Å². The van der Waals surface area contributed by atoms with Crippen molar-refractivity contribution >= 4 is 5.95 Å². The van der Waals surface area contributed by atoms with E-state index in [0.717, 1.165) is 37.6 Å². The maximum atomic E-state index is 4.13. The predicted molar refractivity (Wildman–Crippen MR) is 96.9 cm³/mol. The smallest absolute Gasteiger partial charge is 0.245 e. The van der Waals surface area contributed by atoms with Gasteiger partial charge in [0.1, 0.15) is 0 Å². The van der Waals surface area contributed by atoms with Gasteiger partial charge in [0, 0.05) is 32.2 Å². The molecule has 3 aromatic rings. The van der Waals surface area contributed by atoms with Crippen LogP contribution in [0.5, 0.6) is 0 Å². The van der Waals surface area contributed by atoms with Gasteiger partial charge in [0.15, 0.2) is 0 Å². The molecule has 2 aromatic heterocycles. The summed E-state index contributed by atoms with van der Waals surface area (Å²) in [5.74, 6) is 0.841. The van der Waals surface area contributed by atoms with E-state index in [-0.39, 0.29) is 6.04 Å². The van der Waals surface area contributed by atoms with Crippen molar-refractivity contribution < 1.29 is 0 Å². The number of rotatable bonds is 5. The summed E-state index contributed by atoms with van der Waals surface area (Å²) in [6.45, 7) is 4.10. The number of tetrazole rings is 1. The Bertz CT molecular complexity index is 834. The summed E-state index contributed by atoms with van der Waals surface area (Å²) in [7, 11) is 1.88. The Balaban J connectivity index is 1.41. The fraction of sp³-hybridized carbons (Fsp3) is 0.471. The van der Waals surface area contributed by atoms with E-state index in [2.05, 4.69) is 61.2 Å². The number of benzene rings is 1. The Morgan fingerprint density at radius 3 is 2.65 bits per heavy atom. The van der Waals surface area contributed by atoms with Gasteiger partial charge in [-0.2, -0.15) is 0 Å². The highest BCUT2D eigenvalue weighted by Gasteiger charge is 2.24. The van der Waals surface area contributed by atoms with E-state index in [0.29, 0.717) is 6.04 Å². The molecule has 1 aliphatic rings. The second-order valence-electron chi connectivity index (χ2n) is 6.66. The van der Waals surface area contributed by atoms with Gasteiger partial charge in [0.2, 0.25) is 5.95 Å². The molecule has 0 spiro atoms.